The fourth-order valence-corrected chi connectivity index (χ4v) is 1.53. The molecule has 4 heteroatoms. The van der Waals surface area contributed by atoms with E-state index in [0.29, 0.717) is 13.1 Å². The van der Waals surface area contributed by atoms with Gasteiger partial charge in [-0.25, -0.2) is 0 Å². The van der Waals surface area contributed by atoms with E-state index in [0.717, 1.165) is 13.0 Å². The van der Waals surface area contributed by atoms with Crippen LogP contribution in [0.3, 0.4) is 0 Å². The number of carbonyl (C=O) groups is 1. The minimum atomic E-state index is -0.110. The molecule has 1 aliphatic rings. The van der Waals surface area contributed by atoms with E-state index in [1.807, 2.05) is 18.7 Å². The van der Waals surface area contributed by atoms with Gasteiger partial charge in [0.2, 0.25) is 5.91 Å². The molecule has 0 unspecified atom stereocenters. The molecule has 0 radical (unpaired) electrons. The largest absolute Gasteiger partial charge is 0.395 e. The lowest BCUT2D eigenvalue weighted by molar-refractivity contribution is -0.122. The molecule has 0 aromatic rings. The van der Waals surface area contributed by atoms with Crippen molar-refractivity contribution in [2.24, 2.45) is 0 Å². The number of aliphatic hydroxyl groups excluding tert-OH is 1. The average molecular weight is 186 g/mol. The first-order valence-electron chi connectivity index (χ1n) is 4.68. The lowest BCUT2D eigenvalue weighted by Gasteiger charge is -2.23. The first kappa shape index (κ1) is 10.5. The normalized spacial score (nSPS) is 23.8. The van der Waals surface area contributed by atoms with Gasteiger partial charge in [0, 0.05) is 18.6 Å². The zero-order valence-electron chi connectivity index (χ0n) is 8.34. The number of hydrogen-bond acceptors (Lipinski definition) is 3. The van der Waals surface area contributed by atoms with Crippen molar-refractivity contribution in [2.75, 3.05) is 26.2 Å². The molecule has 0 spiro atoms. The molecule has 0 atom stereocenters. The number of rotatable bonds is 2. The zero-order chi connectivity index (χ0) is 9.90. The molecule has 1 rings (SSSR count). The van der Waals surface area contributed by atoms with Gasteiger partial charge in [0.05, 0.1) is 13.2 Å². The minimum Gasteiger partial charge on any atom is -0.395 e. The quantitative estimate of drug-likeness (QED) is 0.616. The molecule has 1 heterocycles. The molecule has 1 fully saturated rings. The Hall–Kier alpha value is -0.610. The van der Waals surface area contributed by atoms with Crippen LogP contribution in [-0.2, 0) is 4.79 Å². The van der Waals surface area contributed by atoms with Crippen molar-refractivity contribution in [1.82, 2.24) is 10.2 Å². The number of carbonyl (C=O) groups excluding carboxylic acids is 1. The van der Waals surface area contributed by atoms with E-state index >= 15 is 0 Å². The van der Waals surface area contributed by atoms with E-state index in [2.05, 4.69) is 5.32 Å². The van der Waals surface area contributed by atoms with Crippen LogP contribution in [0.2, 0.25) is 0 Å². The summed E-state index contributed by atoms with van der Waals surface area (Å²) in [7, 11) is 0. The molecule has 0 aromatic heterocycles. The third-order valence-electron chi connectivity index (χ3n) is 2.31. The first-order valence-corrected chi connectivity index (χ1v) is 4.68. The summed E-state index contributed by atoms with van der Waals surface area (Å²) in [5.41, 5.74) is -0.110. The Labute approximate surface area is 78.9 Å². The van der Waals surface area contributed by atoms with Gasteiger partial charge < -0.3 is 10.4 Å². The van der Waals surface area contributed by atoms with E-state index in [9.17, 15) is 4.79 Å². The lowest BCUT2D eigenvalue weighted by Crippen LogP contribution is -2.43. The van der Waals surface area contributed by atoms with Crippen molar-refractivity contribution in [2.45, 2.75) is 25.8 Å². The zero-order valence-corrected chi connectivity index (χ0v) is 8.34. The molecule has 1 saturated heterocycles. The molecule has 1 aliphatic heterocycles. The maximum Gasteiger partial charge on any atom is 0.234 e. The summed E-state index contributed by atoms with van der Waals surface area (Å²) in [5.74, 6) is 0.0518. The molecule has 4 nitrogen and oxygen atoms in total. The SMILES string of the molecule is CC1(C)CCN(CCO)CC(=O)N1. The monoisotopic (exact) mass is 186 g/mol. The Morgan fingerprint density at radius 2 is 2.31 bits per heavy atom. The van der Waals surface area contributed by atoms with Gasteiger partial charge in [0.25, 0.3) is 0 Å². The first-order chi connectivity index (χ1) is 6.03. The molecular weight excluding hydrogens is 168 g/mol. The summed E-state index contributed by atoms with van der Waals surface area (Å²) in [4.78, 5) is 13.3. The van der Waals surface area contributed by atoms with Crippen molar-refractivity contribution >= 4 is 5.91 Å². The van der Waals surface area contributed by atoms with Gasteiger partial charge >= 0.3 is 0 Å². The molecule has 0 aromatic carbocycles. The molecule has 2 N–H and O–H groups in total. The highest BCUT2D eigenvalue weighted by molar-refractivity contribution is 5.79. The molecule has 1 amide bonds. The molecule has 0 bridgehead atoms. The predicted molar refractivity (Wildman–Crippen MR) is 50.4 cm³/mol. The maximum absolute atomic E-state index is 11.3. The molecule has 13 heavy (non-hydrogen) atoms. The van der Waals surface area contributed by atoms with E-state index < -0.39 is 0 Å². The number of nitrogens with one attached hydrogen (secondary N) is 1. The highest BCUT2D eigenvalue weighted by atomic mass is 16.3. The van der Waals surface area contributed by atoms with Crippen LogP contribution in [0.4, 0.5) is 0 Å². The second kappa shape index (κ2) is 4.07. The average Bonchev–Trinajstić information content (AvgIpc) is 2.10. The van der Waals surface area contributed by atoms with Crippen LogP contribution in [0.15, 0.2) is 0 Å². The van der Waals surface area contributed by atoms with Gasteiger partial charge in [0.1, 0.15) is 0 Å². The van der Waals surface area contributed by atoms with E-state index in [1.165, 1.54) is 0 Å². The van der Waals surface area contributed by atoms with Gasteiger partial charge in [-0.3, -0.25) is 9.69 Å². The van der Waals surface area contributed by atoms with Crippen molar-refractivity contribution in [1.29, 1.82) is 0 Å². The van der Waals surface area contributed by atoms with Crippen LogP contribution in [0, 0.1) is 0 Å². The summed E-state index contributed by atoms with van der Waals surface area (Å²) in [6.45, 7) is 6.02. The van der Waals surface area contributed by atoms with Gasteiger partial charge in [-0.05, 0) is 20.3 Å². The van der Waals surface area contributed by atoms with Crippen molar-refractivity contribution < 1.29 is 9.90 Å². The van der Waals surface area contributed by atoms with Crippen LogP contribution in [-0.4, -0.2) is 47.7 Å². The van der Waals surface area contributed by atoms with Gasteiger partial charge in [-0.2, -0.15) is 0 Å². The highest BCUT2D eigenvalue weighted by Crippen LogP contribution is 2.12. The number of hydrogen-bond donors (Lipinski definition) is 2. The minimum absolute atomic E-state index is 0.0518. The fraction of sp³-hybridized carbons (Fsp3) is 0.889. The topological polar surface area (TPSA) is 52.6 Å². The second-order valence-electron chi connectivity index (χ2n) is 4.18. The Morgan fingerprint density at radius 1 is 1.62 bits per heavy atom. The third-order valence-corrected chi connectivity index (χ3v) is 2.31. The fourth-order valence-electron chi connectivity index (χ4n) is 1.53. The van der Waals surface area contributed by atoms with Crippen molar-refractivity contribution in [3.8, 4) is 0 Å². The molecule has 76 valence electrons. The summed E-state index contributed by atoms with van der Waals surface area (Å²) >= 11 is 0. The summed E-state index contributed by atoms with van der Waals surface area (Å²) in [6.07, 6.45) is 0.929. The van der Waals surface area contributed by atoms with Crippen LogP contribution < -0.4 is 5.32 Å². The van der Waals surface area contributed by atoms with Gasteiger partial charge in [0.15, 0.2) is 0 Å². The second-order valence-corrected chi connectivity index (χ2v) is 4.18. The van der Waals surface area contributed by atoms with E-state index in [4.69, 9.17) is 5.11 Å². The summed E-state index contributed by atoms with van der Waals surface area (Å²) in [5, 5.41) is 11.7. The smallest absolute Gasteiger partial charge is 0.234 e. The number of aliphatic hydroxyl groups is 1. The highest BCUT2D eigenvalue weighted by Gasteiger charge is 2.26. The van der Waals surface area contributed by atoms with Gasteiger partial charge in [-0.15, -0.1) is 0 Å². The van der Waals surface area contributed by atoms with E-state index in [1.54, 1.807) is 0 Å². The number of amides is 1. The molecule has 0 saturated carbocycles. The van der Waals surface area contributed by atoms with Gasteiger partial charge in [-0.1, -0.05) is 0 Å². The summed E-state index contributed by atoms with van der Waals surface area (Å²) < 4.78 is 0. The Balaban J connectivity index is 2.53. The third kappa shape index (κ3) is 3.32. The number of nitrogens with zero attached hydrogens (tertiary/aromatic N) is 1. The van der Waals surface area contributed by atoms with E-state index in [-0.39, 0.29) is 18.1 Å². The Bertz CT molecular complexity index is 192. The Kier molecular flexibility index (Phi) is 3.27. The van der Waals surface area contributed by atoms with Crippen molar-refractivity contribution in [3.63, 3.8) is 0 Å². The standard InChI is InChI=1S/C9H18N2O2/c1-9(2)3-4-11(5-6-12)7-8(13)10-9/h12H,3-7H2,1-2H3,(H,10,13). The lowest BCUT2D eigenvalue weighted by atomic mass is 10.0. The maximum atomic E-state index is 11.3. The van der Waals surface area contributed by atoms with Crippen LogP contribution in [0.1, 0.15) is 20.3 Å². The van der Waals surface area contributed by atoms with Crippen LogP contribution in [0.25, 0.3) is 0 Å². The Morgan fingerprint density at radius 3 is 2.92 bits per heavy atom. The van der Waals surface area contributed by atoms with Crippen molar-refractivity contribution in [3.05, 3.63) is 0 Å². The van der Waals surface area contributed by atoms with Crippen LogP contribution in [0.5, 0.6) is 0 Å². The summed E-state index contributed by atoms with van der Waals surface area (Å²) in [6, 6.07) is 0. The molecule has 0 aliphatic carbocycles. The molecular formula is C9H18N2O2. The van der Waals surface area contributed by atoms with Crippen LogP contribution >= 0.6 is 0 Å². The predicted octanol–water partition coefficient (Wildman–Crippen LogP) is -0.421. The number of β-amino-alcohol motifs (C(OH)–C–C–N with tert-alkyl or cyclic N) is 1.